The molecule has 1 aliphatic rings. The average molecular weight is 495 g/mol. The molecule has 4 atom stereocenters. The number of benzene rings is 2. The molecule has 2 aromatic carbocycles. The molecule has 0 bridgehead atoms. The summed E-state index contributed by atoms with van der Waals surface area (Å²) in [5, 5.41) is 23.7. The Morgan fingerprint density at radius 1 is 1.24 bits per heavy atom. The van der Waals surface area contributed by atoms with Gasteiger partial charge < -0.3 is 5.11 Å². The number of nitrogens with zero attached hydrogens (tertiary/aromatic N) is 1. The first-order valence-electron chi connectivity index (χ1n) is 10.8. The van der Waals surface area contributed by atoms with Crippen LogP contribution in [0.3, 0.4) is 0 Å². The summed E-state index contributed by atoms with van der Waals surface area (Å²) in [5.41, 5.74) is -2.05. The van der Waals surface area contributed by atoms with E-state index in [1.54, 1.807) is 0 Å². The largest absolute Gasteiger partial charge is 0.480 e. The Bertz CT molecular complexity index is 1100. The highest BCUT2D eigenvalue weighted by atomic mass is 35.5. The molecule has 2 N–H and O–H groups in total. The smallest absolute Gasteiger partial charge is 0.321 e. The van der Waals surface area contributed by atoms with Crippen LogP contribution in [0.25, 0.3) is 0 Å². The van der Waals surface area contributed by atoms with Crippen LogP contribution in [0.15, 0.2) is 36.4 Å². The summed E-state index contributed by atoms with van der Waals surface area (Å²) in [7, 11) is 0. The van der Waals surface area contributed by atoms with Crippen LogP contribution in [0.1, 0.15) is 57.1 Å². The van der Waals surface area contributed by atoms with Gasteiger partial charge in [0.25, 0.3) is 0 Å². The van der Waals surface area contributed by atoms with Crippen LogP contribution in [-0.4, -0.2) is 23.2 Å². The molecule has 33 heavy (non-hydrogen) atoms. The van der Waals surface area contributed by atoms with Gasteiger partial charge in [0, 0.05) is 22.5 Å². The number of rotatable bonds is 7. The summed E-state index contributed by atoms with van der Waals surface area (Å²) in [4.78, 5) is 12.4. The third-order valence-electron chi connectivity index (χ3n) is 7.30. The van der Waals surface area contributed by atoms with Crippen molar-refractivity contribution >= 4 is 29.2 Å². The van der Waals surface area contributed by atoms with Gasteiger partial charge in [-0.2, -0.15) is 5.26 Å². The number of nitriles is 1. The lowest BCUT2D eigenvalue weighted by molar-refractivity contribution is -0.139. The number of aliphatic carboxylic acids is 1. The minimum absolute atomic E-state index is 0.0189. The molecule has 0 spiro atoms. The number of hydrogen-bond donors (Lipinski definition) is 2. The van der Waals surface area contributed by atoms with Crippen LogP contribution in [0.2, 0.25) is 10.0 Å². The molecule has 1 saturated heterocycles. The fourth-order valence-electron chi connectivity index (χ4n) is 4.96. The standard InChI is InChI=1S/C25H26Cl2F2N2O2/c1-4-24(3,5-2)12-19-25(13-30,16-10-9-14(26)11-18(16)28)20(22(31-19)23(32)33)15-7-6-8-17(27)21(15)29/h6-11,19-20,22,31H,4-5,12H2,1-3H3,(H,32,33)/t19-,20-,22+,25-/m0/s1. The summed E-state index contributed by atoms with van der Waals surface area (Å²) in [6.07, 6.45) is 1.92. The van der Waals surface area contributed by atoms with Gasteiger partial charge in [0.15, 0.2) is 0 Å². The van der Waals surface area contributed by atoms with Crippen LogP contribution < -0.4 is 5.32 Å². The lowest BCUT2D eigenvalue weighted by atomic mass is 9.62. The molecule has 0 amide bonds. The van der Waals surface area contributed by atoms with E-state index in [-0.39, 0.29) is 26.6 Å². The van der Waals surface area contributed by atoms with Gasteiger partial charge in [-0.25, -0.2) is 8.78 Å². The van der Waals surface area contributed by atoms with Gasteiger partial charge in [0.1, 0.15) is 23.1 Å². The number of carboxylic acid groups (broad SMARTS) is 1. The van der Waals surface area contributed by atoms with Crippen LogP contribution >= 0.6 is 23.2 Å². The summed E-state index contributed by atoms with van der Waals surface area (Å²) >= 11 is 12.0. The normalized spacial score (nSPS) is 25.1. The molecule has 176 valence electrons. The molecule has 0 saturated carbocycles. The van der Waals surface area contributed by atoms with Crippen molar-refractivity contribution < 1.29 is 18.7 Å². The van der Waals surface area contributed by atoms with E-state index in [0.29, 0.717) is 6.42 Å². The lowest BCUT2D eigenvalue weighted by Gasteiger charge is -2.39. The van der Waals surface area contributed by atoms with E-state index in [9.17, 15) is 15.2 Å². The molecule has 2 aromatic rings. The maximum atomic E-state index is 15.4. The van der Waals surface area contributed by atoms with Crippen molar-refractivity contribution in [3.8, 4) is 6.07 Å². The van der Waals surface area contributed by atoms with E-state index in [1.165, 1.54) is 30.3 Å². The van der Waals surface area contributed by atoms with Crippen molar-refractivity contribution in [3.05, 3.63) is 69.2 Å². The second kappa shape index (κ2) is 9.58. The molecule has 0 aliphatic carbocycles. The molecule has 4 nitrogen and oxygen atoms in total. The monoisotopic (exact) mass is 494 g/mol. The minimum Gasteiger partial charge on any atom is -0.480 e. The summed E-state index contributed by atoms with van der Waals surface area (Å²) in [5.74, 6) is -4.06. The van der Waals surface area contributed by atoms with E-state index in [0.717, 1.165) is 18.9 Å². The minimum atomic E-state index is -1.73. The van der Waals surface area contributed by atoms with Crippen LogP contribution in [0.5, 0.6) is 0 Å². The zero-order valence-corrected chi connectivity index (χ0v) is 20.1. The second-order valence-corrected chi connectivity index (χ2v) is 9.83. The van der Waals surface area contributed by atoms with Gasteiger partial charge in [0.2, 0.25) is 0 Å². The zero-order chi connectivity index (χ0) is 24.6. The number of nitrogens with one attached hydrogen (secondary N) is 1. The number of halogens is 4. The van der Waals surface area contributed by atoms with Crippen LogP contribution in [-0.2, 0) is 10.2 Å². The van der Waals surface area contributed by atoms with Crippen LogP contribution in [0, 0.1) is 28.4 Å². The Morgan fingerprint density at radius 2 is 1.91 bits per heavy atom. The van der Waals surface area contributed by atoms with Crippen molar-refractivity contribution in [2.45, 2.75) is 63.5 Å². The molecule has 3 rings (SSSR count). The highest BCUT2D eigenvalue weighted by molar-refractivity contribution is 6.31. The summed E-state index contributed by atoms with van der Waals surface area (Å²) in [6.45, 7) is 6.06. The maximum absolute atomic E-state index is 15.4. The van der Waals surface area contributed by atoms with E-state index in [1.807, 2.05) is 20.8 Å². The summed E-state index contributed by atoms with van der Waals surface area (Å²) in [6, 6.07) is 8.31. The summed E-state index contributed by atoms with van der Waals surface area (Å²) < 4.78 is 30.6. The van der Waals surface area contributed by atoms with Gasteiger partial charge in [-0.1, -0.05) is 75.0 Å². The van der Waals surface area contributed by atoms with Gasteiger partial charge >= 0.3 is 5.97 Å². The Kier molecular flexibility index (Phi) is 7.38. The van der Waals surface area contributed by atoms with Gasteiger partial charge in [-0.15, -0.1) is 0 Å². The maximum Gasteiger partial charge on any atom is 0.321 e. The first-order valence-corrected chi connectivity index (χ1v) is 11.6. The SMILES string of the molecule is CCC(C)(CC)C[C@@H]1N[C@@H](C(=O)O)[C@H](c2cccc(Cl)c2F)[C@@]1(C#N)c1ccc(Cl)cc1F. The van der Waals surface area contributed by atoms with E-state index in [2.05, 4.69) is 11.4 Å². The van der Waals surface area contributed by atoms with Gasteiger partial charge in [-0.05, 0) is 35.6 Å². The predicted molar refractivity (Wildman–Crippen MR) is 125 cm³/mol. The Hall–Kier alpha value is -2.20. The van der Waals surface area contributed by atoms with Crippen molar-refractivity contribution in [2.75, 3.05) is 0 Å². The molecule has 1 heterocycles. The number of carbonyl (C=O) groups is 1. The fourth-order valence-corrected chi connectivity index (χ4v) is 5.30. The fraction of sp³-hybridized carbons (Fsp3) is 0.440. The molecular weight excluding hydrogens is 469 g/mol. The van der Waals surface area contributed by atoms with E-state index in [4.69, 9.17) is 23.2 Å². The molecular formula is C25H26Cl2F2N2O2. The van der Waals surface area contributed by atoms with Gasteiger partial charge in [0.05, 0.1) is 11.1 Å². The Labute approximate surface area is 202 Å². The molecule has 8 heteroatoms. The average Bonchev–Trinajstić information content (AvgIpc) is 3.10. The van der Waals surface area contributed by atoms with Crippen molar-refractivity contribution in [1.29, 1.82) is 5.26 Å². The predicted octanol–water partition coefficient (Wildman–Crippen LogP) is 6.46. The van der Waals surface area contributed by atoms with Crippen molar-refractivity contribution in [3.63, 3.8) is 0 Å². The zero-order valence-electron chi connectivity index (χ0n) is 18.6. The molecule has 1 fully saturated rings. The first-order chi connectivity index (χ1) is 15.5. The second-order valence-electron chi connectivity index (χ2n) is 8.98. The number of carboxylic acids is 1. The molecule has 0 aromatic heterocycles. The number of hydrogen-bond acceptors (Lipinski definition) is 3. The van der Waals surface area contributed by atoms with Crippen LogP contribution in [0.4, 0.5) is 8.78 Å². The van der Waals surface area contributed by atoms with Crippen molar-refractivity contribution in [2.24, 2.45) is 5.41 Å². The molecule has 1 aliphatic heterocycles. The third-order valence-corrected chi connectivity index (χ3v) is 7.83. The van der Waals surface area contributed by atoms with E-state index >= 15 is 8.78 Å². The molecule has 0 unspecified atom stereocenters. The van der Waals surface area contributed by atoms with Gasteiger partial charge in [-0.3, -0.25) is 10.1 Å². The lowest BCUT2D eigenvalue weighted by Crippen LogP contribution is -2.45. The van der Waals surface area contributed by atoms with E-state index < -0.39 is 41.0 Å². The highest BCUT2D eigenvalue weighted by Crippen LogP contribution is 2.53. The Morgan fingerprint density at radius 3 is 2.45 bits per heavy atom. The quantitative estimate of drug-likeness (QED) is 0.463. The highest BCUT2D eigenvalue weighted by Gasteiger charge is 2.61. The Balaban J connectivity index is 2.37. The molecule has 0 radical (unpaired) electrons. The third kappa shape index (κ3) is 4.35. The topological polar surface area (TPSA) is 73.1 Å². The first kappa shape index (κ1) is 25.4. The van der Waals surface area contributed by atoms with Crippen molar-refractivity contribution in [1.82, 2.24) is 5.32 Å².